The van der Waals surface area contributed by atoms with Crippen molar-refractivity contribution in [2.75, 3.05) is 5.73 Å². The zero-order valence-electron chi connectivity index (χ0n) is 17.0. The van der Waals surface area contributed by atoms with Gasteiger partial charge in [-0.3, -0.25) is 9.78 Å². The van der Waals surface area contributed by atoms with Crippen molar-refractivity contribution in [3.8, 4) is 28.1 Å². The lowest BCUT2D eigenvalue weighted by molar-refractivity contribution is 0.227. The summed E-state index contributed by atoms with van der Waals surface area (Å²) in [5.41, 5.74) is 11.8. The van der Waals surface area contributed by atoms with Crippen molar-refractivity contribution in [1.29, 1.82) is 0 Å². The van der Waals surface area contributed by atoms with Crippen LogP contribution in [0.25, 0.3) is 22.4 Å². The summed E-state index contributed by atoms with van der Waals surface area (Å²) in [5, 5.41) is 12.4. The van der Waals surface area contributed by atoms with Crippen LogP contribution >= 0.6 is 11.6 Å². The number of hydrogen-bond donors (Lipinski definition) is 2. The van der Waals surface area contributed by atoms with Crippen LogP contribution in [0.5, 0.6) is 5.75 Å². The number of aromatic amines is 1. The molecule has 4 heterocycles. The Labute approximate surface area is 183 Å². The minimum absolute atomic E-state index is 0.266. The molecule has 158 valence electrons. The molecule has 1 aromatic carbocycles. The normalized spacial score (nSPS) is 15.2. The molecule has 7 nitrogen and oxygen atoms in total. The average Bonchev–Trinajstić information content (AvgIpc) is 3.32. The number of halogens is 2. The van der Waals surface area contributed by atoms with Gasteiger partial charge < -0.3 is 10.5 Å². The Morgan fingerprint density at radius 3 is 2.97 bits per heavy atom. The van der Waals surface area contributed by atoms with Crippen molar-refractivity contribution >= 4 is 17.4 Å². The van der Waals surface area contributed by atoms with E-state index in [0.29, 0.717) is 23.0 Å². The minimum Gasteiger partial charge on any atom is -0.482 e. The van der Waals surface area contributed by atoms with Gasteiger partial charge in [-0.1, -0.05) is 18.5 Å². The number of anilines is 1. The molecule has 0 amide bonds. The van der Waals surface area contributed by atoms with Crippen LogP contribution in [0.3, 0.4) is 0 Å². The summed E-state index contributed by atoms with van der Waals surface area (Å²) < 4.78 is 22.2. The molecular formula is C22H20ClFN6O. The first-order chi connectivity index (χ1) is 14.9. The largest absolute Gasteiger partial charge is 0.482 e. The third-order valence-corrected chi connectivity index (χ3v) is 5.70. The maximum absolute atomic E-state index is 14.2. The van der Waals surface area contributed by atoms with Crippen LogP contribution in [0.1, 0.15) is 36.9 Å². The highest BCUT2D eigenvalue weighted by atomic mass is 35.5. The van der Waals surface area contributed by atoms with E-state index in [1.165, 1.54) is 12.1 Å². The van der Waals surface area contributed by atoms with Crippen LogP contribution in [0.4, 0.5) is 10.2 Å². The smallest absolute Gasteiger partial charge is 0.166 e. The predicted octanol–water partition coefficient (Wildman–Crippen LogP) is 4.77. The van der Waals surface area contributed by atoms with E-state index >= 15 is 0 Å². The lowest BCUT2D eigenvalue weighted by Crippen LogP contribution is -2.11. The number of nitrogens with one attached hydrogen (secondary N) is 1. The molecule has 0 radical (unpaired) electrons. The van der Waals surface area contributed by atoms with Crippen LogP contribution < -0.4 is 10.5 Å². The standard InChI is InChI=1S/C22H20ClFN6O/c1-3-16-21-12-6-19(22(25)26-9-12)31-11(2)15-7-13(24)4-5-14(15)18-8-20(23)29-30(18)10-17(21)28-27-16/h4-9,11H,3,10H2,1-2H3,(H2,25,26)(H,27,28)/t11-/m1/s1. The van der Waals surface area contributed by atoms with Gasteiger partial charge in [0.25, 0.3) is 0 Å². The molecule has 0 spiro atoms. The number of aromatic nitrogens is 5. The SMILES string of the molecule is CCc1n[nH]c2c1-c1cnc(N)c(c1)O[C@H](C)c1cc(F)ccc1-c1cc(Cl)nn1C2. The second-order valence-corrected chi connectivity index (χ2v) is 7.87. The lowest BCUT2D eigenvalue weighted by Gasteiger charge is -2.21. The number of H-pyrrole nitrogens is 1. The highest BCUT2D eigenvalue weighted by Crippen LogP contribution is 2.38. The van der Waals surface area contributed by atoms with Crippen LogP contribution in [0.2, 0.25) is 5.15 Å². The second kappa shape index (κ2) is 7.39. The van der Waals surface area contributed by atoms with Crippen molar-refractivity contribution in [2.24, 2.45) is 0 Å². The van der Waals surface area contributed by atoms with Crippen LogP contribution in [0.15, 0.2) is 36.5 Å². The van der Waals surface area contributed by atoms with Gasteiger partial charge in [-0.15, -0.1) is 0 Å². The number of nitrogens with zero attached hydrogens (tertiary/aromatic N) is 4. The van der Waals surface area contributed by atoms with Gasteiger partial charge in [0.15, 0.2) is 16.7 Å². The number of benzene rings is 1. The number of ether oxygens (including phenoxy) is 1. The lowest BCUT2D eigenvalue weighted by atomic mass is 9.99. The number of fused-ring (bicyclic) bond motifs is 7. The summed E-state index contributed by atoms with van der Waals surface area (Å²) in [6.07, 6.45) is 1.94. The molecule has 5 rings (SSSR count). The Hall–Kier alpha value is -3.39. The molecule has 9 heteroatoms. The van der Waals surface area contributed by atoms with Gasteiger partial charge in [-0.05, 0) is 37.6 Å². The van der Waals surface area contributed by atoms with Crippen molar-refractivity contribution in [3.63, 3.8) is 0 Å². The van der Waals surface area contributed by atoms with E-state index in [0.717, 1.165) is 40.2 Å². The molecule has 1 atom stereocenters. The van der Waals surface area contributed by atoms with Crippen LogP contribution in [-0.4, -0.2) is 25.0 Å². The monoisotopic (exact) mass is 438 g/mol. The molecule has 0 saturated heterocycles. The molecule has 0 fully saturated rings. The number of hydrogen-bond acceptors (Lipinski definition) is 5. The van der Waals surface area contributed by atoms with Gasteiger partial charge in [0.1, 0.15) is 11.9 Å². The predicted molar refractivity (Wildman–Crippen MR) is 116 cm³/mol. The zero-order valence-corrected chi connectivity index (χ0v) is 17.7. The van der Waals surface area contributed by atoms with E-state index < -0.39 is 6.10 Å². The van der Waals surface area contributed by atoms with Crippen LogP contribution in [-0.2, 0) is 13.0 Å². The van der Waals surface area contributed by atoms with Gasteiger partial charge in [-0.25, -0.2) is 9.37 Å². The molecule has 0 aliphatic carbocycles. The molecule has 2 bridgehead atoms. The topological polar surface area (TPSA) is 94.6 Å². The van der Waals surface area contributed by atoms with Crippen molar-refractivity contribution in [1.82, 2.24) is 25.0 Å². The fourth-order valence-electron chi connectivity index (χ4n) is 4.05. The molecule has 1 aliphatic heterocycles. The maximum atomic E-state index is 14.2. The molecule has 31 heavy (non-hydrogen) atoms. The Bertz CT molecular complexity index is 1300. The number of aryl methyl sites for hydroxylation is 1. The Morgan fingerprint density at radius 2 is 2.16 bits per heavy atom. The molecule has 0 saturated carbocycles. The molecule has 4 aromatic rings. The van der Waals surface area contributed by atoms with Gasteiger partial charge >= 0.3 is 0 Å². The van der Waals surface area contributed by atoms with Crippen LogP contribution in [0, 0.1) is 5.82 Å². The zero-order chi connectivity index (χ0) is 21.7. The van der Waals surface area contributed by atoms with E-state index in [4.69, 9.17) is 22.1 Å². The molecule has 1 aliphatic rings. The first-order valence-corrected chi connectivity index (χ1v) is 10.3. The fourth-order valence-corrected chi connectivity index (χ4v) is 4.24. The minimum atomic E-state index is -0.499. The van der Waals surface area contributed by atoms with Gasteiger partial charge in [0, 0.05) is 34.5 Å². The van der Waals surface area contributed by atoms with Crippen molar-refractivity contribution in [2.45, 2.75) is 32.9 Å². The molecular weight excluding hydrogens is 419 g/mol. The first kappa shape index (κ1) is 19.6. The highest BCUT2D eigenvalue weighted by Gasteiger charge is 2.24. The number of nitrogens with two attached hydrogens (primary N) is 1. The van der Waals surface area contributed by atoms with Gasteiger partial charge in [0.2, 0.25) is 0 Å². The highest BCUT2D eigenvalue weighted by molar-refractivity contribution is 6.29. The van der Waals surface area contributed by atoms with E-state index in [1.54, 1.807) is 23.0 Å². The van der Waals surface area contributed by atoms with E-state index in [9.17, 15) is 4.39 Å². The van der Waals surface area contributed by atoms with Gasteiger partial charge in [0.05, 0.1) is 23.6 Å². The summed E-state index contributed by atoms with van der Waals surface area (Å²) in [4.78, 5) is 4.33. The summed E-state index contributed by atoms with van der Waals surface area (Å²) in [6, 6.07) is 8.20. The van der Waals surface area contributed by atoms with E-state index in [1.807, 2.05) is 19.9 Å². The van der Waals surface area contributed by atoms with Crippen molar-refractivity contribution in [3.05, 3.63) is 64.5 Å². The third-order valence-electron chi connectivity index (χ3n) is 5.51. The van der Waals surface area contributed by atoms with Gasteiger partial charge in [-0.2, -0.15) is 10.2 Å². The molecule has 0 unspecified atom stereocenters. The number of nitrogen functional groups attached to an aromatic ring is 1. The molecule has 3 aromatic heterocycles. The summed E-state index contributed by atoms with van der Waals surface area (Å²) >= 11 is 6.29. The average molecular weight is 439 g/mol. The molecule has 3 N–H and O–H groups in total. The summed E-state index contributed by atoms with van der Waals surface area (Å²) in [5.74, 6) is 0.338. The second-order valence-electron chi connectivity index (χ2n) is 7.49. The number of pyridine rings is 1. The fraction of sp³-hybridized carbons (Fsp3) is 0.227. The Morgan fingerprint density at radius 1 is 1.32 bits per heavy atom. The number of rotatable bonds is 1. The quantitative estimate of drug-likeness (QED) is 0.446. The Kier molecular flexibility index (Phi) is 4.66. The third kappa shape index (κ3) is 3.33. The summed E-state index contributed by atoms with van der Waals surface area (Å²) in [7, 11) is 0. The maximum Gasteiger partial charge on any atom is 0.166 e. The first-order valence-electron chi connectivity index (χ1n) is 9.96. The van der Waals surface area contributed by atoms with Crippen molar-refractivity contribution < 1.29 is 9.13 Å². The van der Waals surface area contributed by atoms with E-state index in [2.05, 4.69) is 20.3 Å². The Balaban J connectivity index is 1.81. The van der Waals surface area contributed by atoms with E-state index in [-0.39, 0.29) is 11.6 Å². The summed E-state index contributed by atoms with van der Waals surface area (Å²) in [6.45, 7) is 4.28.